The molecule has 0 aliphatic carbocycles. The van der Waals surface area contributed by atoms with Gasteiger partial charge in [0.1, 0.15) is 6.29 Å². The van der Waals surface area contributed by atoms with E-state index in [0.29, 0.717) is 19.3 Å². The van der Waals surface area contributed by atoms with Crippen molar-refractivity contribution in [3.05, 3.63) is 70.5 Å². The number of unbranched alkanes of at least 4 members (excludes halogenated alkanes) is 4. The molecule has 144 valence electrons. The number of rotatable bonds is 16. The second kappa shape index (κ2) is 19.1. The standard InChI is InChI=1S/C22H33NO3/c1-2-22(23(25)26)20-18-16-14-12-10-8-6-4-3-5-7-9-11-13-15-17-19-21-24/h3-4,7-10,14,16,20-21H,2,5-6,11-13,15,17-19H2,1H3/b4-3+,9-7+,10-8+,16-14+,22-20-. The van der Waals surface area contributed by atoms with Crippen LogP contribution in [0.5, 0.6) is 0 Å². The summed E-state index contributed by atoms with van der Waals surface area (Å²) in [6, 6.07) is 0. The van der Waals surface area contributed by atoms with Crippen molar-refractivity contribution < 1.29 is 9.72 Å². The molecule has 0 aromatic heterocycles. The smallest absolute Gasteiger partial charge is 0.242 e. The minimum Gasteiger partial charge on any atom is -0.303 e. The lowest BCUT2D eigenvalue weighted by atomic mass is 10.1. The fourth-order valence-corrected chi connectivity index (χ4v) is 2.25. The lowest BCUT2D eigenvalue weighted by molar-refractivity contribution is -0.427. The third-order valence-corrected chi connectivity index (χ3v) is 3.76. The summed E-state index contributed by atoms with van der Waals surface area (Å²) in [7, 11) is 0. The summed E-state index contributed by atoms with van der Waals surface area (Å²) in [5.74, 6) is 0. The fraction of sp³-hybridized carbons (Fsp3) is 0.500. The van der Waals surface area contributed by atoms with Gasteiger partial charge in [-0.15, -0.1) is 0 Å². The lowest BCUT2D eigenvalue weighted by Gasteiger charge is -1.93. The summed E-state index contributed by atoms with van der Waals surface area (Å²) in [6.45, 7) is 1.79. The molecule has 0 fully saturated rings. The first-order valence-corrected chi connectivity index (χ1v) is 9.59. The number of aldehydes is 1. The number of allylic oxidation sites excluding steroid dienone is 10. The maximum atomic E-state index is 10.6. The molecule has 0 N–H and O–H groups in total. The van der Waals surface area contributed by atoms with Crippen LogP contribution in [0.15, 0.2) is 60.4 Å². The Labute approximate surface area is 158 Å². The molecular formula is C22H33NO3. The Hall–Kier alpha value is -2.23. The molecule has 4 nitrogen and oxygen atoms in total. The predicted octanol–water partition coefficient (Wildman–Crippen LogP) is 6.49. The monoisotopic (exact) mass is 359 g/mol. The van der Waals surface area contributed by atoms with Crippen molar-refractivity contribution in [2.24, 2.45) is 0 Å². The van der Waals surface area contributed by atoms with Crippen LogP contribution in [-0.4, -0.2) is 11.2 Å². The van der Waals surface area contributed by atoms with Gasteiger partial charge in [0.15, 0.2) is 0 Å². The SMILES string of the molecule is CC/C(=C/C/C=C/C/C=C/C/C=C/C/C=C/CCCCCC=O)[N+](=O)[O-]. The Balaban J connectivity index is 3.62. The van der Waals surface area contributed by atoms with Gasteiger partial charge in [-0.2, -0.15) is 0 Å². The van der Waals surface area contributed by atoms with Gasteiger partial charge in [0, 0.05) is 12.8 Å². The van der Waals surface area contributed by atoms with Crippen molar-refractivity contribution in [1.82, 2.24) is 0 Å². The molecule has 4 heteroatoms. The van der Waals surface area contributed by atoms with E-state index >= 15 is 0 Å². The Morgan fingerprint density at radius 2 is 1.27 bits per heavy atom. The highest BCUT2D eigenvalue weighted by molar-refractivity contribution is 5.48. The van der Waals surface area contributed by atoms with Gasteiger partial charge in [0.2, 0.25) is 5.70 Å². The van der Waals surface area contributed by atoms with E-state index in [-0.39, 0.29) is 10.6 Å². The van der Waals surface area contributed by atoms with Gasteiger partial charge in [-0.25, -0.2) is 0 Å². The van der Waals surface area contributed by atoms with E-state index in [4.69, 9.17) is 0 Å². The van der Waals surface area contributed by atoms with Crippen LogP contribution in [-0.2, 0) is 4.79 Å². The van der Waals surface area contributed by atoms with Gasteiger partial charge in [-0.1, -0.05) is 62.0 Å². The lowest BCUT2D eigenvalue weighted by Crippen LogP contribution is -1.96. The molecule has 0 rings (SSSR count). The average Bonchev–Trinajstić information content (AvgIpc) is 2.63. The number of hydrogen-bond acceptors (Lipinski definition) is 3. The summed E-state index contributed by atoms with van der Waals surface area (Å²) in [4.78, 5) is 20.5. The van der Waals surface area contributed by atoms with E-state index in [9.17, 15) is 14.9 Å². The zero-order valence-corrected chi connectivity index (χ0v) is 16.0. The van der Waals surface area contributed by atoms with E-state index in [0.717, 1.165) is 51.2 Å². The minimum atomic E-state index is -0.314. The van der Waals surface area contributed by atoms with Crippen LogP contribution in [0.25, 0.3) is 0 Å². The third-order valence-electron chi connectivity index (χ3n) is 3.76. The van der Waals surface area contributed by atoms with Crippen molar-refractivity contribution in [3.8, 4) is 0 Å². The minimum absolute atomic E-state index is 0.280. The van der Waals surface area contributed by atoms with Crippen LogP contribution >= 0.6 is 0 Å². The van der Waals surface area contributed by atoms with Crippen molar-refractivity contribution in [2.75, 3.05) is 0 Å². The van der Waals surface area contributed by atoms with Gasteiger partial charge in [0.05, 0.1) is 4.92 Å². The largest absolute Gasteiger partial charge is 0.303 e. The number of carbonyl (C=O) groups is 1. The van der Waals surface area contributed by atoms with Crippen LogP contribution < -0.4 is 0 Å². The Bertz CT molecular complexity index is 513. The molecule has 0 bridgehead atoms. The van der Waals surface area contributed by atoms with Gasteiger partial charge in [-0.05, 0) is 51.0 Å². The van der Waals surface area contributed by atoms with E-state index in [2.05, 4.69) is 36.5 Å². The van der Waals surface area contributed by atoms with Crippen LogP contribution in [0.2, 0.25) is 0 Å². The normalized spacial score (nSPS) is 12.9. The Morgan fingerprint density at radius 1 is 0.769 bits per heavy atom. The van der Waals surface area contributed by atoms with Crippen molar-refractivity contribution in [1.29, 1.82) is 0 Å². The third kappa shape index (κ3) is 16.6. The first-order valence-electron chi connectivity index (χ1n) is 9.59. The van der Waals surface area contributed by atoms with E-state index in [1.165, 1.54) is 0 Å². The molecule has 0 radical (unpaired) electrons. The number of nitrogens with zero attached hydrogens (tertiary/aromatic N) is 1. The second-order valence-electron chi connectivity index (χ2n) is 5.94. The molecule has 0 aromatic carbocycles. The van der Waals surface area contributed by atoms with Gasteiger partial charge >= 0.3 is 0 Å². The van der Waals surface area contributed by atoms with E-state index in [1.807, 2.05) is 12.2 Å². The maximum Gasteiger partial charge on any atom is 0.242 e. The number of nitro groups is 1. The molecule has 0 saturated carbocycles. The Morgan fingerprint density at radius 3 is 1.77 bits per heavy atom. The number of carbonyl (C=O) groups excluding carboxylic acids is 1. The molecule has 0 saturated heterocycles. The zero-order chi connectivity index (χ0) is 19.3. The molecule has 0 aliphatic rings. The van der Waals surface area contributed by atoms with Crippen LogP contribution in [0.4, 0.5) is 0 Å². The van der Waals surface area contributed by atoms with Crippen LogP contribution in [0.1, 0.15) is 71.1 Å². The predicted molar refractivity (Wildman–Crippen MR) is 110 cm³/mol. The fourth-order valence-electron chi connectivity index (χ4n) is 2.25. The molecule has 0 amide bonds. The van der Waals surface area contributed by atoms with Crippen molar-refractivity contribution in [3.63, 3.8) is 0 Å². The topological polar surface area (TPSA) is 60.2 Å². The summed E-state index contributed by atoms with van der Waals surface area (Å²) in [5.41, 5.74) is 0.280. The molecule has 0 unspecified atom stereocenters. The molecule has 0 spiro atoms. The highest BCUT2D eigenvalue weighted by atomic mass is 16.6. The summed E-state index contributed by atoms with van der Waals surface area (Å²) in [5, 5.41) is 10.6. The molecule has 0 aliphatic heterocycles. The first-order chi connectivity index (χ1) is 12.7. The molecule has 0 aromatic rings. The maximum absolute atomic E-state index is 10.6. The van der Waals surface area contributed by atoms with Gasteiger partial charge < -0.3 is 4.79 Å². The summed E-state index contributed by atoms with van der Waals surface area (Å²) >= 11 is 0. The van der Waals surface area contributed by atoms with Crippen molar-refractivity contribution >= 4 is 6.29 Å². The highest BCUT2D eigenvalue weighted by Crippen LogP contribution is 2.04. The van der Waals surface area contributed by atoms with Gasteiger partial charge in [-0.3, -0.25) is 10.1 Å². The van der Waals surface area contributed by atoms with E-state index < -0.39 is 0 Å². The van der Waals surface area contributed by atoms with Crippen LogP contribution in [0, 0.1) is 10.1 Å². The molecule has 0 heterocycles. The zero-order valence-electron chi connectivity index (χ0n) is 16.0. The first kappa shape index (κ1) is 23.8. The second-order valence-corrected chi connectivity index (χ2v) is 5.94. The summed E-state index contributed by atoms with van der Waals surface area (Å²) in [6.07, 6.45) is 28.5. The highest BCUT2D eigenvalue weighted by Gasteiger charge is 2.03. The summed E-state index contributed by atoms with van der Waals surface area (Å²) < 4.78 is 0. The molecule has 0 atom stereocenters. The van der Waals surface area contributed by atoms with E-state index in [1.54, 1.807) is 13.0 Å². The van der Waals surface area contributed by atoms with Gasteiger partial charge in [0.25, 0.3) is 0 Å². The average molecular weight is 360 g/mol. The van der Waals surface area contributed by atoms with Crippen molar-refractivity contribution in [2.45, 2.75) is 71.1 Å². The number of hydrogen-bond donors (Lipinski definition) is 0. The quantitative estimate of drug-likeness (QED) is 0.104. The molecular weight excluding hydrogens is 326 g/mol. The Kier molecular flexibility index (Phi) is 17.5. The van der Waals surface area contributed by atoms with Crippen LogP contribution in [0.3, 0.4) is 0 Å². The molecule has 26 heavy (non-hydrogen) atoms.